The lowest BCUT2D eigenvalue weighted by atomic mass is 9.64. The summed E-state index contributed by atoms with van der Waals surface area (Å²) in [6.07, 6.45) is 1.77. The molecule has 2 atom stereocenters. The topological polar surface area (TPSA) is 98.0 Å². The predicted octanol–water partition coefficient (Wildman–Crippen LogP) is 6.12. The van der Waals surface area contributed by atoms with Crippen molar-refractivity contribution >= 4 is 45.8 Å². The Labute approximate surface area is 213 Å². The zero-order valence-electron chi connectivity index (χ0n) is 20.6. The highest BCUT2D eigenvalue weighted by Gasteiger charge is 2.71. The fraction of sp³-hybridized carbons (Fsp3) is 0.357. The second kappa shape index (κ2) is 8.30. The first-order chi connectivity index (χ1) is 17.0. The molecule has 8 heteroatoms. The van der Waals surface area contributed by atoms with Crippen molar-refractivity contribution in [2.75, 3.05) is 5.32 Å². The number of hydrogen-bond acceptors (Lipinski definition) is 6. The van der Waals surface area contributed by atoms with E-state index in [1.54, 1.807) is 36.4 Å². The number of anilines is 1. The van der Waals surface area contributed by atoms with Crippen molar-refractivity contribution in [3.8, 4) is 0 Å². The van der Waals surface area contributed by atoms with Crippen LogP contribution in [0.5, 0.6) is 0 Å². The molecule has 2 unspecified atom stereocenters. The maximum Gasteiger partial charge on any atom is 0.373 e. The van der Waals surface area contributed by atoms with Gasteiger partial charge in [-0.3, -0.25) is 4.79 Å². The minimum absolute atomic E-state index is 0.0895. The maximum absolute atomic E-state index is 13.7. The number of amides is 1. The third-order valence-electron chi connectivity index (χ3n) is 8.71. The summed E-state index contributed by atoms with van der Waals surface area (Å²) in [7, 11) is 0. The molecule has 0 radical (unpaired) electrons. The molecule has 2 aliphatic rings. The molecule has 2 aliphatic carbocycles. The Balaban J connectivity index is 1.42. The van der Waals surface area contributed by atoms with Crippen LogP contribution in [0.4, 0.5) is 5.69 Å². The van der Waals surface area contributed by atoms with Gasteiger partial charge in [-0.1, -0.05) is 55.7 Å². The van der Waals surface area contributed by atoms with Gasteiger partial charge >= 0.3 is 11.6 Å². The molecular weight excluding hydrogens is 480 g/mol. The maximum atomic E-state index is 13.7. The summed E-state index contributed by atoms with van der Waals surface area (Å²) >= 11 is 6.07. The van der Waals surface area contributed by atoms with E-state index in [9.17, 15) is 14.4 Å². The number of hydrogen-bond donors (Lipinski definition) is 1. The van der Waals surface area contributed by atoms with Crippen molar-refractivity contribution in [3.05, 3.63) is 75.1 Å². The molecule has 2 aromatic carbocycles. The molecule has 3 aromatic rings. The van der Waals surface area contributed by atoms with Gasteiger partial charge in [0.1, 0.15) is 11.1 Å². The second-order valence-corrected chi connectivity index (χ2v) is 11.0. The molecule has 2 fully saturated rings. The molecule has 5 rings (SSSR count). The molecule has 36 heavy (non-hydrogen) atoms. The van der Waals surface area contributed by atoms with E-state index < -0.39 is 27.8 Å². The predicted molar refractivity (Wildman–Crippen MR) is 138 cm³/mol. The first kappa shape index (κ1) is 24.3. The van der Waals surface area contributed by atoms with E-state index >= 15 is 0 Å². The van der Waals surface area contributed by atoms with Crippen LogP contribution in [0.1, 0.15) is 56.0 Å². The highest BCUT2D eigenvalue weighted by atomic mass is 35.5. The zero-order valence-corrected chi connectivity index (χ0v) is 21.4. The van der Waals surface area contributed by atoms with E-state index in [0.29, 0.717) is 40.2 Å². The first-order valence-corrected chi connectivity index (χ1v) is 12.3. The third kappa shape index (κ3) is 3.48. The van der Waals surface area contributed by atoms with E-state index in [4.69, 9.17) is 20.9 Å². The molecule has 0 saturated heterocycles. The van der Waals surface area contributed by atoms with Gasteiger partial charge in [0.05, 0.1) is 11.1 Å². The quantitative estimate of drug-likeness (QED) is 0.261. The van der Waals surface area contributed by atoms with Gasteiger partial charge in [-0.05, 0) is 61.1 Å². The largest absolute Gasteiger partial charge is 0.422 e. The number of nitrogens with zero attached hydrogens (tertiary/aromatic N) is 1. The van der Waals surface area contributed by atoms with Gasteiger partial charge in [-0.25, -0.2) is 9.59 Å². The standard InChI is InChI=1S/C28H27ClN2O5/c1-16-13-18(29)9-10-20(16)30-25(34)28-12-11-27(4,26(28,2)3)22(15-28)31-36-24(33)19-14-17-7-5-6-8-21(17)35-23(19)32/h5-10,13-14H,11-12,15H2,1-4H3,(H,30,34). The number of carbonyl (C=O) groups excluding carboxylic acids is 2. The lowest BCUT2D eigenvalue weighted by Crippen LogP contribution is -2.43. The Hall–Kier alpha value is -3.45. The number of para-hydroxylation sites is 1. The lowest BCUT2D eigenvalue weighted by molar-refractivity contribution is -0.130. The Morgan fingerprint density at radius 2 is 1.83 bits per heavy atom. The van der Waals surface area contributed by atoms with Crippen LogP contribution >= 0.6 is 11.6 Å². The van der Waals surface area contributed by atoms with Crippen molar-refractivity contribution in [2.45, 2.75) is 47.0 Å². The van der Waals surface area contributed by atoms with Crippen molar-refractivity contribution in [1.29, 1.82) is 0 Å². The van der Waals surface area contributed by atoms with Crippen LogP contribution in [-0.4, -0.2) is 17.6 Å². The molecule has 186 valence electrons. The molecule has 2 saturated carbocycles. The van der Waals surface area contributed by atoms with Crippen LogP contribution in [0.2, 0.25) is 5.02 Å². The second-order valence-electron chi connectivity index (χ2n) is 10.5. The highest BCUT2D eigenvalue weighted by Crippen LogP contribution is 2.71. The van der Waals surface area contributed by atoms with E-state index in [0.717, 1.165) is 12.0 Å². The molecule has 1 amide bonds. The van der Waals surface area contributed by atoms with Crippen molar-refractivity contribution in [3.63, 3.8) is 0 Å². The molecule has 1 N–H and O–H groups in total. The van der Waals surface area contributed by atoms with E-state index in [1.165, 1.54) is 6.07 Å². The van der Waals surface area contributed by atoms with Gasteiger partial charge in [0.2, 0.25) is 5.91 Å². The van der Waals surface area contributed by atoms with Gasteiger partial charge in [-0.2, -0.15) is 0 Å². The lowest BCUT2D eigenvalue weighted by Gasteiger charge is -2.39. The van der Waals surface area contributed by atoms with Crippen LogP contribution in [0.15, 0.2) is 62.9 Å². The van der Waals surface area contributed by atoms with Crippen LogP contribution in [-0.2, 0) is 9.63 Å². The van der Waals surface area contributed by atoms with Crippen LogP contribution in [0.25, 0.3) is 11.0 Å². The molecule has 0 spiro atoms. The summed E-state index contributed by atoms with van der Waals surface area (Å²) in [5.41, 5.74) is -0.0172. The number of oxime groups is 1. The van der Waals surface area contributed by atoms with Crippen LogP contribution in [0.3, 0.4) is 0 Å². The number of carbonyl (C=O) groups is 2. The van der Waals surface area contributed by atoms with Gasteiger partial charge in [-0.15, -0.1) is 0 Å². The zero-order chi connectivity index (χ0) is 25.9. The molecule has 7 nitrogen and oxygen atoms in total. The number of rotatable bonds is 4. The van der Waals surface area contributed by atoms with Crippen LogP contribution in [0, 0.1) is 23.2 Å². The van der Waals surface area contributed by atoms with Gasteiger partial charge in [0.25, 0.3) is 0 Å². The number of fused-ring (bicyclic) bond motifs is 3. The Morgan fingerprint density at radius 3 is 2.58 bits per heavy atom. The number of halogens is 1. The fourth-order valence-corrected chi connectivity index (χ4v) is 6.11. The van der Waals surface area contributed by atoms with Crippen molar-refractivity contribution in [2.24, 2.45) is 21.4 Å². The summed E-state index contributed by atoms with van der Waals surface area (Å²) in [5.74, 6) is -0.977. The van der Waals surface area contributed by atoms with Crippen molar-refractivity contribution in [1.82, 2.24) is 0 Å². The number of nitrogens with one attached hydrogen (secondary N) is 1. The summed E-state index contributed by atoms with van der Waals surface area (Å²) in [6.45, 7) is 8.08. The average molecular weight is 507 g/mol. The summed E-state index contributed by atoms with van der Waals surface area (Å²) in [5, 5.41) is 8.53. The Morgan fingerprint density at radius 1 is 1.08 bits per heavy atom. The summed E-state index contributed by atoms with van der Waals surface area (Å²) in [4.78, 5) is 44.1. The van der Waals surface area contributed by atoms with Crippen molar-refractivity contribution < 1.29 is 18.8 Å². The van der Waals surface area contributed by atoms with Gasteiger partial charge in [0.15, 0.2) is 0 Å². The number of benzene rings is 2. The molecule has 0 aliphatic heterocycles. The summed E-state index contributed by atoms with van der Waals surface area (Å²) < 4.78 is 5.24. The molecule has 1 aromatic heterocycles. The minimum atomic E-state index is -0.888. The minimum Gasteiger partial charge on any atom is -0.422 e. The smallest absolute Gasteiger partial charge is 0.373 e. The third-order valence-corrected chi connectivity index (χ3v) is 8.94. The SMILES string of the molecule is Cc1cc(Cl)ccc1NC(=O)C12CCC(C)(C(=NOC(=O)c3cc4ccccc4oc3=O)C1)C2(C)C. The fourth-order valence-electron chi connectivity index (χ4n) is 5.88. The Kier molecular flexibility index (Phi) is 5.59. The monoisotopic (exact) mass is 506 g/mol. The van der Waals surface area contributed by atoms with Crippen LogP contribution < -0.4 is 10.9 Å². The van der Waals surface area contributed by atoms with Gasteiger partial charge < -0.3 is 14.6 Å². The van der Waals surface area contributed by atoms with E-state index in [2.05, 4.69) is 31.2 Å². The molecular formula is C28H27ClN2O5. The first-order valence-electron chi connectivity index (χ1n) is 11.9. The normalized spacial score (nSPS) is 25.3. The Bertz CT molecular complexity index is 1510. The average Bonchev–Trinajstić information content (AvgIpc) is 3.14. The highest BCUT2D eigenvalue weighted by molar-refractivity contribution is 6.30. The van der Waals surface area contributed by atoms with E-state index in [-0.39, 0.29) is 11.5 Å². The number of aryl methyl sites for hydroxylation is 1. The summed E-state index contributed by atoms with van der Waals surface area (Å²) in [6, 6.07) is 13.7. The van der Waals surface area contributed by atoms with E-state index in [1.807, 2.05) is 13.0 Å². The van der Waals surface area contributed by atoms with Gasteiger partial charge in [0, 0.05) is 27.9 Å². The molecule has 1 heterocycles. The molecule has 2 bridgehead atoms.